The molecule has 0 amide bonds. The average molecular weight is 405 g/mol. The summed E-state index contributed by atoms with van der Waals surface area (Å²) < 4.78 is 6.33. The van der Waals surface area contributed by atoms with E-state index in [1.807, 2.05) is 36.8 Å². The number of nitrogens with zero attached hydrogens (tertiary/aromatic N) is 1. The highest BCUT2D eigenvalue weighted by Crippen LogP contribution is 2.23. The topological polar surface area (TPSA) is 134 Å². The van der Waals surface area contributed by atoms with E-state index in [4.69, 9.17) is 4.74 Å². The van der Waals surface area contributed by atoms with E-state index >= 15 is 0 Å². The summed E-state index contributed by atoms with van der Waals surface area (Å²) in [5.41, 5.74) is -0.489. The van der Waals surface area contributed by atoms with Crippen molar-refractivity contribution < 1.29 is 14.6 Å². The first-order chi connectivity index (χ1) is 13.6. The lowest BCUT2D eigenvalue weighted by atomic mass is 9.87. The molecular formula is C20H27N3O6. The van der Waals surface area contributed by atoms with Crippen LogP contribution in [0.4, 0.5) is 0 Å². The Bertz CT molecular complexity index is 992. The van der Waals surface area contributed by atoms with Gasteiger partial charge in [0.25, 0.3) is 0 Å². The van der Waals surface area contributed by atoms with Crippen LogP contribution in [0.5, 0.6) is 0 Å². The first-order valence-corrected chi connectivity index (χ1v) is 9.37. The number of rotatable bonds is 9. The van der Waals surface area contributed by atoms with Crippen LogP contribution < -0.4 is 17.1 Å². The summed E-state index contributed by atoms with van der Waals surface area (Å²) in [6.45, 7) is 6.22. The number of aliphatic hydroxyl groups excluding tert-OH is 1. The molecule has 3 N–H and O–H groups in total. The van der Waals surface area contributed by atoms with Crippen LogP contribution in [0.3, 0.4) is 0 Å². The van der Waals surface area contributed by atoms with Crippen LogP contribution in [0.2, 0.25) is 0 Å². The van der Waals surface area contributed by atoms with Crippen LogP contribution in [0.25, 0.3) is 0 Å². The van der Waals surface area contributed by atoms with Crippen molar-refractivity contribution in [2.45, 2.75) is 46.8 Å². The first kappa shape index (κ1) is 22.5. The molecule has 158 valence electrons. The Kier molecular flexibility index (Phi) is 7.46. The number of hydrogen-bond donors (Lipinski definition) is 3. The Morgan fingerprint density at radius 3 is 2.24 bits per heavy atom. The van der Waals surface area contributed by atoms with E-state index in [2.05, 4.69) is 0 Å². The molecule has 1 heterocycles. The van der Waals surface area contributed by atoms with Gasteiger partial charge < -0.3 is 9.84 Å². The fourth-order valence-corrected chi connectivity index (χ4v) is 2.85. The van der Waals surface area contributed by atoms with Gasteiger partial charge in [-0.25, -0.2) is 19.0 Å². The van der Waals surface area contributed by atoms with Gasteiger partial charge in [0.05, 0.1) is 26.4 Å². The van der Waals surface area contributed by atoms with E-state index in [-0.39, 0.29) is 31.0 Å². The molecule has 1 aromatic carbocycles. The van der Waals surface area contributed by atoms with Gasteiger partial charge >= 0.3 is 17.1 Å². The molecule has 9 nitrogen and oxygen atoms in total. The van der Waals surface area contributed by atoms with Gasteiger partial charge in [-0.3, -0.25) is 14.8 Å². The molecular weight excluding hydrogens is 378 g/mol. The number of carbonyl (C=O) groups is 1. The number of aliphatic hydroxyl groups is 1. The second-order valence-electron chi connectivity index (χ2n) is 8.06. The van der Waals surface area contributed by atoms with Crippen molar-refractivity contribution in [2.24, 2.45) is 5.41 Å². The van der Waals surface area contributed by atoms with E-state index in [1.165, 1.54) is 0 Å². The summed E-state index contributed by atoms with van der Waals surface area (Å²) >= 11 is 0. The number of ether oxygens (including phenoxy) is 1. The zero-order valence-corrected chi connectivity index (χ0v) is 16.9. The molecule has 2 aromatic rings. The smallest absolute Gasteiger partial charge is 0.333 e. The third kappa shape index (κ3) is 6.95. The second kappa shape index (κ2) is 9.62. The largest absolute Gasteiger partial charge is 0.392 e. The number of nitrogens with one attached hydrogen (secondary N) is 2. The molecule has 0 saturated heterocycles. The maximum Gasteiger partial charge on any atom is 0.333 e. The van der Waals surface area contributed by atoms with Crippen molar-refractivity contribution in [1.82, 2.24) is 14.5 Å². The lowest BCUT2D eigenvalue weighted by molar-refractivity contribution is 0.0939. The van der Waals surface area contributed by atoms with Gasteiger partial charge in [-0.15, -0.1) is 0 Å². The third-order valence-electron chi connectivity index (χ3n) is 4.17. The third-order valence-corrected chi connectivity index (χ3v) is 4.17. The lowest BCUT2D eigenvalue weighted by Crippen LogP contribution is -2.43. The first-order valence-electron chi connectivity index (χ1n) is 9.37. The molecule has 29 heavy (non-hydrogen) atoms. The zero-order valence-electron chi connectivity index (χ0n) is 16.9. The monoisotopic (exact) mass is 405 g/mol. The average Bonchev–Trinajstić information content (AvgIpc) is 2.61. The van der Waals surface area contributed by atoms with E-state index < -0.39 is 17.1 Å². The van der Waals surface area contributed by atoms with Gasteiger partial charge in [-0.2, -0.15) is 0 Å². The van der Waals surface area contributed by atoms with Crippen molar-refractivity contribution in [3.05, 3.63) is 66.3 Å². The predicted molar refractivity (Wildman–Crippen MR) is 107 cm³/mol. The van der Waals surface area contributed by atoms with Gasteiger partial charge in [0.15, 0.2) is 5.78 Å². The van der Waals surface area contributed by atoms with E-state index in [0.29, 0.717) is 30.6 Å². The molecule has 0 bridgehead atoms. The van der Waals surface area contributed by atoms with Gasteiger partial charge in [-0.05, 0) is 35.1 Å². The number of aromatic nitrogens is 3. The Morgan fingerprint density at radius 2 is 1.66 bits per heavy atom. The standard InChI is InChI=1S/C20H27N3O6/c1-20(2,3)11-16(25)15-9-13(8-14(10-15)12-24)4-6-29-7-5-23-18(27)21-17(26)22-19(23)28/h8-10,24H,4-7,11-12H2,1-3H3,(H2,21,22,26,27,28). The highest BCUT2D eigenvalue weighted by Gasteiger charge is 2.18. The van der Waals surface area contributed by atoms with Crippen molar-refractivity contribution in [3.8, 4) is 0 Å². The van der Waals surface area contributed by atoms with Crippen molar-refractivity contribution in [2.75, 3.05) is 13.2 Å². The van der Waals surface area contributed by atoms with Crippen LogP contribution in [-0.2, 0) is 24.3 Å². The Balaban J connectivity index is 1.96. The van der Waals surface area contributed by atoms with Gasteiger partial charge in [0, 0.05) is 12.0 Å². The minimum absolute atomic E-state index is 0.00303. The van der Waals surface area contributed by atoms with Crippen molar-refractivity contribution in [1.29, 1.82) is 0 Å². The van der Waals surface area contributed by atoms with Crippen molar-refractivity contribution in [3.63, 3.8) is 0 Å². The normalized spacial score (nSPS) is 11.6. The molecule has 0 radical (unpaired) electrons. The van der Waals surface area contributed by atoms with Crippen LogP contribution in [0.1, 0.15) is 48.7 Å². The van der Waals surface area contributed by atoms with E-state index in [0.717, 1.165) is 10.1 Å². The molecule has 0 aliphatic heterocycles. The van der Waals surface area contributed by atoms with Gasteiger partial charge in [0.2, 0.25) is 0 Å². The minimum atomic E-state index is -0.849. The number of hydrogen-bond acceptors (Lipinski definition) is 6. The molecule has 0 fully saturated rings. The van der Waals surface area contributed by atoms with E-state index in [9.17, 15) is 24.3 Å². The number of carbonyl (C=O) groups excluding carboxylic acids is 1. The molecule has 0 spiro atoms. The fourth-order valence-electron chi connectivity index (χ4n) is 2.85. The summed E-state index contributed by atoms with van der Waals surface area (Å²) in [7, 11) is 0. The molecule has 0 unspecified atom stereocenters. The van der Waals surface area contributed by atoms with Crippen molar-refractivity contribution >= 4 is 5.78 Å². The molecule has 0 saturated carbocycles. The molecule has 0 aliphatic rings. The second-order valence-corrected chi connectivity index (χ2v) is 8.06. The summed E-state index contributed by atoms with van der Waals surface area (Å²) in [4.78, 5) is 50.6. The summed E-state index contributed by atoms with van der Waals surface area (Å²) in [6, 6.07) is 5.31. The molecule has 0 atom stereocenters. The number of ketones is 1. The van der Waals surface area contributed by atoms with Crippen LogP contribution in [-0.4, -0.2) is 38.6 Å². The van der Waals surface area contributed by atoms with Gasteiger partial charge in [-0.1, -0.05) is 26.8 Å². The predicted octanol–water partition coefficient (Wildman–Crippen LogP) is 0.595. The van der Waals surface area contributed by atoms with Crippen LogP contribution in [0.15, 0.2) is 32.6 Å². The van der Waals surface area contributed by atoms with Gasteiger partial charge in [0.1, 0.15) is 0 Å². The number of benzene rings is 1. The Hall–Kier alpha value is -2.78. The molecule has 1 aromatic heterocycles. The molecule has 9 heteroatoms. The Morgan fingerprint density at radius 1 is 1.03 bits per heavy atom. The van der Waals surface area contributed by atoms with Crippen LogP contribution >= 0.6 is 0 Å². The quantitative estimate of drug-likeness (QED) is 0.413. The molecule has 0 aliphatic carbocycles. The Labute approximate surface area is 167 Å². The fraction of sp³-hybridized carbons (Fsp3) is 0.500. The van der Waals surface area contributed by atoms with Crippen LogP contribution in [0, 0.1) is 5.41 Å². The maximum absolute atomic E-state index is 12.5. The maximum atomic E-state index is 12.5. The zero-order chi connectivity index (χ0) is 21.6. The van der Waals surface area contributed by atoms with E-state index in [1.54, 1.807) is 12.1 Å². The summed E-state index contributed by atoms with van der Waals surface area (Å²) in [5, 5.41) is 9.48. The number of Topliss-reactive ketones (excluding diaryl/α,β-unsaturated/α-hetero) is 1. The SMILES string of the molecule is CC(C)(C)CC(=O)c1cc(CO)cc(CCOCCn2c(=O)[nH]c(=O)[nH]c2=O)c1. The summed E-state index contributed by atoms with van der Waals surface area (Å²) in [6.07, 6.45) is 0.904. The minimum Gasteiger partial charge on any atom is -0.392 e. The number of aromatic amines is 2. The number of H-pyrrole nitrogens is 2. The summed E-state index contributed by atoms with van der Waals surface area (Å²) in [5.74, 6) is 0.0200. The highest BCUT2D eigenvalue weighted by atomic mass is 16.5. The lowest BCUT2D eigenvalue weighted by Gasteiger charge is -2.17. The molecule has 2 rings (SSSR count). The highest BCUT2D eigenvalue weighted by molar-refractivity contribution is 5.96.